The molecular formula is C11H21NO2. The summed E-state index contributed by atoms with van der Waals surface area (Å²) < 4.78 is 5.34. The van der Waals surface area contributed by atoms with Crippen LogP contribution in [-0.4, -0.2) is 36.5 Å². The molecule has 1 saturated heterocycles. The predicted molar refractivity (Wildman–Crippen MR) is 55.2 cm³/mol. The molecule has 0 spiro atoms. The van der Waals surface area contributed by atoms with Crippen molar-refractivity contribution >= 4 is 0 Å². The molecule has 3 nitrogen and oxygen atoms in total. The quantitative estimate of drug-likeness (QED) is 0.707. The van der Waals surface area contributed by atoms with Crippen molar-refractivity contribution in [3.63, 3.8) is 0 Å². The summed E-state index contributed by atoms with van der Waals surface area (Å²) in [5.41, 5.74) is 0.0811. The summed E-state index contributed by atoms with van der Waals surface area (Å²) in [6.45, 7) is 4.35. The van der Waals surface area contributed by atoms with E-state index in [0.29, 0.717) is 12.6 Å². The SMILES string of the molecule is CC(NC1(CO)CC1)C1CCOCC1. The molecule has 14 heavy (non-hydrogen) atoms. The van der Waals surface area contributed by atoms with E-state index in [-0.39, 0.29) is 5.54 Å². The highest BCUT2D eigenvalue weighted by atomic mass is 16.5. The molecule has 1 aliphatic heterocycles. The maximum Gasteiger partial charge on any atom is 0.0613 e. The summed E-state index contributed by atoms with van der Waals surface area (Å²) in [7, 11) is 0. The van der Waals surface area contributed by atoms with Gasteiger partial charge in [-0.05, 0) is 38.5 Å². The lowest BCUT2D eigenvalue weighted by Crippen LogP contribution is -2.46. The van der Waals surface area contributed by atoms with Crippen LogP contribution in [-0.2, 0) is 4.74 Å². The van der Waals surface area contributed by atoms with Crippen LogP contribution in [0.4, 0.5) is 0 Å². The molecule has 0 radical (unpaired) electrons. The fourth-order valence-electron chi connectivity index (χ4n) is 2.32. The van der Waals surface area contributed by atoms with E-state index in [2.05, 4.69) is 12.2 Å². The second-order valence-corrected chi connectivity index (χ2v) is 4.82. The Balaban J connectivity index is 1.79. The molecule has 2 rings (SSSR count). The van der Waals surface area contributed by atoms with Gasteiger partial charge in [-0.15, -0.1) is 0 Å². The van der Waals surface area contributed by atoms with Gasteiger partial charge in [-0.1, -0.05) is 0 Å². The van der Waals surface area contributed by atoms with E-state index >= 15 is 0 Å². The highest BCUT2D eigenvalue weighted by Gasteiger charge is 2.43. The lowest BCUT2D eigenvalue weighted by Gasteiger charge is -2.31. The number of hydrogen-bond acceptors (Lipinski definition) is 3. The molecule has 1 aliphatic carbocycles. The van der Waals surface area contributed by atoms with E-state index in [4.69, 9.17) is 4.74 Å². The van der Waals surface area contributed by atoms with Gasteiger partial charge < -0.3 is 15.2 Å². The Morgan fingerprint density at radius 1 is 1.43 bits per heavy atom. The highest BCUT2D eigenvalue weighted by Crippen LogP contribution is 2.36. The molecule has 0 amide bonds. The van der Waals surface area contributed by atoms with E-state index in [1.54, 1.807) is 0 Å². The Morgan fingerprint density at radius 2 is 2.07 bits per heavy atom. The summed E-state index contributed by atoms with van der Waals surface area (Å²) in [5.74, 6) is 0.729. The summed E-state index contributed by atoms with van der Waals surface area (Å²) in [5, 5.41) is 12.8. The number of rotatable bonds is 4. The van der Waals surface area contributed by atoms with Crippen LogP contribution in [0.5, 0.6) is 0 Å². The Hall–Kier alpha value is -0.120. The molecular weight excluding hydrogens is 178 g/mol. The standard InChI is InChI=1S/C11H21NO2/c1-9(10-2-6-14-7-3-10)12-11(8-13)4-5-11/h9-10,12-13H,2-8H2,1H3. The van der Waals surface area contributed by atoms with Crippen LogP contribution < -0.4 is 5.32 Å². The van der Waals surface area contributed by atoms with Crippen LogP contribution in [0, 0.1) is 5.92 Å². The zero-order valence-electron chi connectivity index (χ0n) is 8.96. The maximum atomic E-state index is 9.22. The second-order valence-electron chi connectivity index (χ2n) is 4.82. The number of hydrogen-bond donors (Lipinski definition) is 2. The van der Waals surface area contributed by atoms with Gasteiger partial charge in [0.15, 0.2) is 0 Å². The molecule has 0 bridgehead atoms. The fraction of sp³-hybridized carbons (Fsp3) is 1.00. The van der Waals surface area contributed by atoms with Gasteiger partial charge in [0.2, 0.25) is 0 Å². The molecule has 1 atom stereocenters. The maximum absolute atomic E-state index is 9.22. The molecule has 3 heteroatoms. The fourth-order valence-corrected chi connectivity index (χ4v) is 2.32. The number of aliphatic hydroxyl groups excluding tert-OH is 1. The minimum absolute atomic E-state index is 0.0811. The lowest BCUT2D eigenvalue weighted by atomic mass is 9.92. The van der Waals surface area contributed by atoms with E-state index in [1.165, 1.54) is 0 Å². The van der Waals surface area contributed by atoms with Gasteiger partial charge in [0, 0.05) is 24.8 Å². The highest BCUT2D eigenvalue weighted by molar-refractivity contribution is 5.03. The van der Waals surface area contributed by atoms with E-state index < -0.39 is 0 Å². The van der Waals surface area contributed by atoms with E-state index in [0.717, 1.165) is 44.8 Å². The Kier molecular flexibility index (Phi) is 3.10. The molecule has 2 aliphatic rings. The third-order valence-electron chi connectivity index (χ3n) is 3.66. The molecule has 0 aromatic heterocycles. The van der Waals surface area contributed by atoms with Crippen molar-refractivity contribution < 1.29 is 9.84 Å². The number of ether oxygens (including phenoxy) is 1. The monoisotopic (exact) mass is 199 g/mol. The first-order valence-corrected chi connectivity index (χ1v) is 5.72. The van der Waals surface area contributed by atoms with Gasteiger partial charge in [0.1, 0.15) is 0 Å². The zero-order valence-corrected chi connectivity index (χ0v) is 8.96. The first-order valence-electron chi connectivity index (χ1n) is 5.72. The molecule has 1 heterocycles. The van der Waals surface area contributed by atoms with Gasteiger partial charge in [0.25, 0.3) is 0 Å². The van der Waals surface area contributed by atoms with Gasteiger partial charge in [-0.3, -0.25) is 0 Å². The topological polar surface area (TPSA) is 41.5 Å². The molecule has 1 unspecified atom stereocenters. The van der Waals surface area contributed by atoms with Crippen LogP contribution in [0.1, 0.15) is 32.6 Å². The molecule has 0 aromatic carbocycles. The van der Waals surface area contributed by atoms with Crippen molar-refractivity contribution in [2.24, 2.45) is 5.92 Å². The van der Waals surface area contributed by atoms with Crippen LogP contribution in [0.25, 0.3) is 0 Å². The Bertz CT molecular complexity index is 186. The second kappa shape index (κ2) is 4.17. The van der Waals surface area contributed by atoms with Gasteiger partial charge in [-0.25, -0.2) is 0 Å². The number of aliphatic hydroxyl groups is 1. The molecule has 1 saturated carbocycles. The summed E-state index contributed by atoms with van der Waals surface area (Å²) in [6.07, 6.45) is 4.60. The summed E-state index contributed by atoms with van der Waals surface area (Å²) in [6, 6.07) is 0.522. The molecule has 82 valence electrons. The average Bonchev–Trinajstić information content (AvgIpc) is 3.00. The van der Waals surface area contributed by atoms with Crippen molar-refractivity contribution in [2.45, 2.75) is 44.2 Å². The van der Waals surface area contributed by atoms with Crippen molar-refractivity contribution in [1.82, 2.24) is 5.32 Å². The minimum atomic E-state index is 0.0811. The average molecular weight is 199 g/mol. The first-order chi connectivity index (χ1) is 6.76. The summed E-state index contributed by atoms with van der Waals surface area (Å²) in [4.78, 5) is 0. The first kappa shape index (κ1) is 10.4. The van der Waals surface area contributed by atoms with Crippen molar-refractivity contribution in [3.05, 3.63) is 0 Å². The predicted octanol–water partition coefficient (Wildman–Crippen LogP) is 0.916. The van der Waals surface area contributed by atoms with Gasteiger partial charge in [0.05, 0.1) is 6.61 Å². The molecule has 2 fully saturated rings. The van der Waals surface area contributed by atoms with Crippen molar-refractivity contribution in [2.75, 3.05) is 19.8 Å². The zero-order chi connectivity index (χ0) is 10.0. The van der Waals surface area contributed by atoms with Gasteiger partial charge in [-0.2, -0.15) is 0 Å². The third kappa shape index (κ3) is 2.27. The molecule has 0 aromatic rings. The Labute approximate surface area is 85.8 Å². The van der Waals surface area contributed by atoms with Crippen LogP contribution in [0.15, 0.2) is 0 Å². The van der Waals surface area contributed by atoms with E-state index in [9.17, 15) is 5.11 Å². The molecule has 2 N–H and O–H groups in total. The van der Waals surface area contributed by atoms with Crippen molar-refractivity contribution in [1.29, 1.82) is 0 Å². The van der Waals surface area contributed by atoms with Gasteiger partial charge >= 0.3 is 0 Å². The van der Waals surface area contributed by atoms with Crippen molar-refractivity contribution in [3.8, 4) is 0 Å². The third-order valence-corrected chi connectivity index (χ3v) is 3.66. The Morgan fingerprint density at radius 3 is 2.57 bits per heavy atom. The smallest absolute Gasteiger partial charge is 0.0613 e. The van der Waals surface area contributed by atoms with Crippen LogP contribution in [0.2, 0.25) is 0 Å². The van der Waals surface area contributed by atoms with E-state index in [1.807, 2.05) is 0 Å². The lowest BCUT2D eigenvalue weighted by molar-refractivity contribution is 0.0520. The van der Waals surface area contributed by atoms with Crippen LogP contribution >= 0.6 is 0 Å². The summed E-state index contributed by atoms with van der Waals surface area (Å²) >= 11 is 0. The largest absolute Gasteiger partial charge is 0.394 e. The number of nitrogens with one attached hydrogen (secondary N) is 1. The van der Waals surface area contributed by atoms with Crippen LogP contribution in [0.3, 0.4) is 0 Å². The minimum Gasteiger partial charge on any atom is -0.394 e. The normalized spacial score (nSPS) is 28.7.